The molecule has 19 heavy (non-hydrogen) atoms. The lowest BCUT2D eigenvalue weighted by Crippen LogP contribution is -1.90. The Labute approximate surface area is 110 Å². The Balaban J connectivity index is 2.23. The monoisotopic (exact) mass is 255 g/mol. The van der Waals surface area contributed by atoms with Crippen molar-refractivity contribution >= 4 is 16.7 Å². The van der Waals surface area contributed by atoms with Crippen LogP contribution in [0.25, 0.3) is 22.4 Å². The number of aryl methyl sites for hydroxylation is 2. The second-order valence-electron chi connectivity index (χ2n) is 4.78. The van der Waals surface area contributed by atoms with Crippen LogP contribution in [-0.2, 0) is 0 Å². The van der Waals surface area contributed by atoms with Crippen LogP contribution in [0.1, 0.15) is 11.1 Å². The Kier molecular flexibility index (Phi) is 2.52. The molecule has 0 aliphatic carbocycles. The highest BCUT2D eigenvalue weighted by atomic mass is 19.1. The van der Waals surface area contributed by atoms with Crippen LogP contribution >= 0.6 is 0 Å². The maximum Gasteiger partial charge on any atom is 0.141 e. The molecular weight excluding hydrogens is 241 g/mol. The molecule has 1 aromatic heterocycles. The van der Waals surface area contributed by atoms with Crippen LogP contribution in [0.5, 0.6) is 0 Å². The molecule has 0 saturated heterocycles. The molecule has 3 N–H and O–H groups in total. The zero-order valence-corrected chi connectivity index (χ0v) is 10.8. The number of nitrogen functional groups attached to an aromatic ring is 1. The first-order valence-corrected chi connectivity index (χ1v) is 6.07. The largest absolute Gasteiger partial charge is 0.399 e. The third-order valence-electron chi connectivity index (χ3n) is 3.34. The van der Waals surface area contributed by atoms with E-state index < -0.39 is 0 Å². The minimum atomic E-state index is -0.332. The molecule has 96 valence electrons. The number of nitrogens with zero attached hydrogens (tertiary/aromatic N) is 1. The van der Waals surface area contributed by atoms with Gasteiger partial charge in [-0.2, -0.15) is 0 Å². The minimum absolute atomic E-state index is 0.332. The van der Waals surface area contributed by atoms with Crippen molar-refractivity contribution in [2.45, 2.75) is 13.8 Å². The molecule has 3 nitrogen and oxygen atoms in total. The van der Waals surface area contributed by atoms with E-state index in [1.165, 1.54) is 23.3 Å². The average molecular weight is 255 g/mol. The molecule has 0 fully saturated rings. The Bertz CT molecular complexity index is 735. The zero-order valence-electron chi connectivity index (χ0n) is 10.8. The van der Waals surface area contributed by atoms with Gasteiger partial charge in [0, 0.05) is 5.69 Å². The predicted octanol–water partition coefficient (Wildman–Crippen LogP) is 3.57. The van der Waals surface area contributed by atoms with Gasteiger partial charge >= 0.3 is 0 Å². The van der Waals surface area contributed by atoms with Crippen molar-refractivity contribution in [3.63, 3.8) is 0 Å². The van der Waals surface area contributed by atoms with Crippen molar-refractivity contribution in [2.24, 2.45) is 0 Å². The first-order valence-electron chi connectivity index (χ1n) is 6.07. The number of hydrogen-bond acceptors (Lipinski definition) is 2. The van der Waals surface area contributed by atoms with Gasteiger partial charge in [-0.05, 0) is 55.3 Å². The van der Waals surface area contributed by atoms with Gasteiger partial charge < -0.3 is 10.7 Å². The number of nitrogens with one attached hydrogen (secondary N) is 1. The van der Waals surface area contributed by atoms with E-state index in [2.05, 4.69) is 9.97 Å². The molecular formula is C15H14FN3. The first-order chi connectivity index (χ1) is 9.04. The number of rotatable bonds is 1. The molecule has 0 atom stereocenters. The highest BCUT2D eigenvalue weighted by Gasteiger charge is 2.11. The second-order valence-corrected chi connectivity index (χ2v) is 4.78. The van der Waals surface area contributed by atoms with Gasteiger partial charge in [0.15, 0.2) is 0 Å². The van der Waals surface area contributed by atoms with Gasteiger partial charge in [-0.15, -0.1) is 0 Å². The Morgan fingerprint density at radius 3 is 2.63 bits per heavy atom. The summed E-state index contributed by atoms with van der Waals surface area (Å²) in [6.45, 7) is 4.07. The van der Waals surface area contributed by atoms with Crippen LogP contribution in [0.4, 0.5) is 10.1 Å². The third-order valence-corrected chi connectivity index (χ3v) is 3.34. The van der Waals surface area contributed by atoms with E-state index in [4.69, 9.17) is 5.73 Å². The van der Waals surface area contributed by atoms with Crippen molar-refractivity contribution in [3.05, 3.63) is 47.3 Å². The highest BCUT2D eigenvalue weighted by molar-refractivity contribution is 5.81. The fraction of sp³-hybridized carbons (Fsp3) is 0.133. The molecule has 3 rings (SSSR count). The molecule has 0 unspecified atom stereocenters. The summed E-state index contributed by atoms with van der Waals surface area (Å²) in [7, 11) is 0. The standard InChI is InChI=1S/C15H14FN3/c1-8-5-13-14(6-9(8)2)19-15(18-13)11-7-10(17)3-4-12(11)16/h3-7H,17H2,1-2H3,(H,18,19). The minimum Gasteiger partial charge on any atom is -0.399 e. The fourth-order valence-electron chi connectivity index (χ4n) is 2.12. The van der Waals surface area contributed by atoms with Gasteiger partial charge in [0.1, 0.15) is 11.6 Å². The van der Waals surface area contributed by atoms with Gasteiger partial charge in [0.25, 0.3) is 0 Å². The summed E-state index contributed by atoms with van der Waals surface area (Å²) in [4.78, 5) is 7.58. The van der Waals surface area contributed by atoms with Crippen molar-refractivity contribution in [3.8, 4) is 11.4 Å². The fourth-order valence-corrected chi connectivity index (χ4v) is 2.12. The highest BCUT2D eigenvalue weighted by Crippen LogP contribution is 2.26. The van der Waals surface area contributed by atoms with E-state index in [0.29, 0.717) is 17.1 Å². The topological polar surface area (TPSA) is 54.7 Å². The maximum atomic E-state index is 13.8. The zero-order chi connectivity index (χ0) is 13.6. The number of anilines is 1. The summed E-state index contributed by atoms with van der Waals surface area (Å²) in [5.41, 5.74) is 10.7. The average Bonchev–Trinajstić information content (AvgIpc) is 2.75. The lowest BCUT2D eigenvalue weighted by Gasteiger charge is -2.00. The van der Waals surface area contributed by atoms with Crippen molar-refractivity contribution in [2.75, 3.05) is 5.73 Å². The molecule has 4 heteroatoms. The third kappa shape index (κ3) is 1.95. The molecule has 3 aromatic rings. The summed E-state index contributed by atoms with van der Waals surface area (Å²) >= 11 is 0. The van der Waals surface area contributed by atoms with E-state index in [0.717, 1.165) is 11.0 Å². The van der Waals surface area contributed by atoms with E-state index in [1.807, 2.05) is 26.0 Å². The number of nitrogens with two attached hydrogens (primary N) is 1. The van der Waals surface area contributed by atoms with Crippen LogP contribution in [-0.4, -0.2) is 9.97 Å². The molecule has 0 spiro atoms. The van der Waals surface area contributed by atoms with Crippen LogP contribution in [0.2, 0.25) is 0 Å². The quantitative estimate of drug-likeness (QED) is 0.653. The maximum absolute atomic E-state index is 13.8. The lowest BCUT2D eigenvalue weighted by molar-refractivity contribution is 0.630. The predicted molar refractivity (Wildman–Crippen MR) is 75.4 cm³/mol. The van der Waals surface area contributed by atoms with Gasteiger partial charge in [-0.1, -0.05) is 0 Å². The molecule has 1 heterocycles. The number of halogens is 1. The Morgan fingerprint density at radius 1 is 1.11 bits per heavy atom. The molecule has 0 amide bonds. The van der Waals surface area contributed by atoms with Crippen molar-refractivity contribution < 1.29 is 4.39 Å². The smallest absolute Gasteiger partial charge is 0.141 e. The SMILES string of the molecule is Cc1cc2nc(-c3cc(N)ccc3F)[nH]c2cc1C. The van der Waals surface area contributed by atoms with E-state index in [-0.39, 0.29) is 5.82 Å². The summed E-state index contributed by atoms with van der Waals surface area (Å²) in [6, 6.07) is 8.50. The number of imidazole rings is 1. The summed E-state index contributed by atoms with van der Waals surface area (Å²) in [5.74, 6) is 0.173. The van der Waals surface area contributed by atoms with Crippen LogP contribution in [0.15, 0.2) is 30.3 Å². The van der Waals surface area contributed by atoms with Gasteiger partial charge in [0.05, 0.1) is 16.6 Å². The molecule has 0 bridgehead atoms. The first kappa shape index (κ1) is 11.7. The number of aromatic nitrogens is 2. The Hall–Kier alpha value is -2.36. The summed E-state index contributed by atoms with van der Waals surface area (Å²) < 4.78 is 13.8. The lowest BCUT2D eigenvalue weighted by atomic mass is 10.1. The molecule has 2 aromatic carbocycles. The summed E-state index contributed by atoms with van der Waals surface area (Å²) in [6.07, 6.45) is 0. The Morgan fingerprint density at radius 2 is 1.84 bits per heavy atom. The van der Waals surface area contributed by atoms with Gasteiger partial charge in [-0.3, -0.25) is 0 Å². The van der Waals surface area contributed by atoms with Crippen molar-refractivity contribution in [1.82, 2.24) is 9.97 Å². The number of benzene rings is 2. The molecule has 0 radical (unpaired) electrons. The van der Waals surface area contributed by atoms with Crippen LogP contribution in [0, 0.1) is 19.7 Å². The van der Waals surface area contributed by atoms with Crippen LogP contribution in [0.3, 0.4) is 0 Å². The van der Waals surface area contributed by atoms with Gasteiger partial charge in [0.2, 0.25) is 0 Å². The van der Waals surface area contributed by atoms with E-state index in [9.17, 15) is 4.39 Å². The number of fused-ring (bicyclic) bond motifs is 1. The van der Waals surface area contributed by atoms with Gasteiger partial charge in [-0.25, -0.2) is 9.37 Å². The number of H-pyrrole nitrogens is 1. The number of hydrogen-bond donors (Lipinski definition) is 2. The molecule has 0 saturated carbocycles. The van der Waals surface area contributed by atoms with E-state index in [1.54, 1.807) is 6.07 Å². The van der Waals surface area contributed by atoms with Crippen LogP contribution < -0.4 is 5.73 Å². The van der Waals surface area contributed by atoms with Crippen molar-refractivity contribution in [1.29, 1.82) is 0 Å². The second kappa shape index (κ2) is 4.09. The number of aromatic amines is 1. The summed E-state index contributed by atoms with van der Waals surface area (Å²) in [5, 5.41) is 0. The molecule has 0 aliphatic heterocycles. The van der Waals surface area contributed by atoms with E-state index >= 15 is 0 Å². The molecule has 0 aliphatic rings. The normalized spacial score (nSPS) is 11.1.